The van der Waals surface area contributed by atoms with Gasteiger partial charge in [-0.2, -0.15) is 0 Å². The molecule has 2 amide bonds. The fourth-order valence-corrected chi connectivity index (χ4v) is 5.34. The van der Waals surface area contributed by atoms with Gasteiger partial charge in [-0.1, -0.05) is 11.3 Å². The Labute approximate surface area is 162 Å². The summed E-state index contributed by atoms with van der Waals surface area (Å²) in [6, 6.07) is 3.07. The van der Waals surface area contributed by atoms with Crippen molar-refractivity contribution in [2.24, 2.45) is 0 Å². The minimum absolute atomic E-state index is 0.0300. The summed E-state index contributed by atoms with van der Waals surface area (Å²) in [6.45, 7) is 3.00. The van der Waals surface area contributed by atoms with Crippen molar-refractivity contribution in [1.29, 1.82) is 0 Å². The highest BCUT2D eigenvalue weighted by Crippen LogP contribution is 2.42. The summed E-state index contributed by atoms with van der Waals surface area (Å²) in [4.78, 5) is 38.4. The minimum atomic E-state index is -0.509. The summed E-state index contributed by atoms with van der Waals surface area (Å²) >= 11 is 2.47. The van der Waals surface area contributed by atoms with E-state index in [1.807, 2.05) is 0 Å². The van der Waals surface area contributed by atoms with E-state index in [-0.39, 0.29) is 17.0 Å². The van der Waals surface area contributed by atoms with Crippen LogP contribution in [0.15, 0.2) is 12.1 Å². The number of amides is 2. The largest absolute Gasteiger partial charge is 0.450 e. The molecule has 0 unspecified atom stereocenters. The van der Waals surface area contributed by atoms with Gasteiger partial charge in [-0.05, 0) is 25.0 Å². The van der Waals surface area contributed by atoms with Crippen LogP contribution in [0.1, 0.15) is 38.8 Å². The number of ether oxygens (including phenoxy) is 1. The van der Waals surface area contributed by atoms with Crippen LogP contribution in [0.5, 0.6) is 0 Å². The van der Waals surface area contributed by atoms with Crippen molar-refractivity contribution in [1.82, 2.24) is 10.2 Å². The Balaban J connectivity index is 1.58. The molecule has 4 heterocycles. The predicted octanol–water partition coefficient (Wildman–Crippen LogP) is 3.09. The van der Waals surface area contributed by atoms with Crippen molar-refractivity contribution in [3.8, 4) is 0 Å². The molecule has 2 N–H and O–H groups in total. The Hall–Kier alpha value is -2.66. The first-order valence-corrected chi connectivity index (χ1v) is 9.99. The molecule has 9 nitrogen and oxygen atoms in total. The number of thiophene rings is 2. The van der Waals surface area contributed by atoms with Gasteiger partial charge >= 0.3 is 11.1 Å². The van der Waals surface area contributed by atoms with Gasteiger partial charge in [-0.15, -0.1) is 11.3 Å². The Morgan fingerprint density at radius 1 is 1.41 bits per heavy atom. The normalized spacial score (nSPS) is 18.2. The average Bonchev–Trinajstić information content (AvgIpc) is 3.26. The summed E-state index contributed by atoms with van der Waals surface area (Å²) in [7, 11) is 0. The molecule has 0 spiro atoms. The van der Waals surface area contributed by atoms with Crippen molar-refractivity contribution in [2.75, 3.05) is 18.5 Å². The molecule has 0 saturated carbocycles. The maximum atomic E-state index is 12.7. The standard InChI is InChI=1S/C16H16N4O5S2/c1-2-25-16(22)19-6-5-8-10(7-19)27-15-12(8)14(21)17-13(18-15)9-3-4-11(26-9)20(23)24/h3-4,13,18H,2,5-7H2,1H3,(H,17,21)/t13-/m1/s1. The second-order valence-corrected chi connectivity index (χ2v) is 8.26. The molecule has 0 saturated heterocycles. The minimum Gasteiger partial charge on any atom is -0.450 e. The van der Waals surface area contributed by atoms with Gasteiger partial charge in [0.25, 0.3) is 5.91 Å². The van der Waals surface area contributed by atoms with Gasteiger partial charge in [0.2, 0.25) is 0 Å². The molecule has 27 heavy (non-hydrogen) atoms. The highest BCUT2D eigenvalue weighted by molar-refractivity contribution is 7.17. The molecule has 2 aromatic rings. The number of rotatable bonds is 3. The zero-order valence-corrected chi connectivity index (χ0v) is 15.9. The molecular formula is C16H16N4O5S2. The lowest BCUT2D eigenvalue weighted by Crippen LogP contribution is -2.39. The molecule has 11 heteroatoms. The highest BCUT2D eigenvalue weighted by Gasteiger charge is 2.35. The predicted molar refractivity (Wildman–Crippen MR) is 100 cm³/mol. The van der Waals surface area contributed by atoms with Gasteiger partial charge < -0.3 is 20.3 Å². The molecule has 0 radical (unpaired) electrons. The summed E-state index contributed by atoms with van der Waals surface area (Å²) in [5, 5.41) is 17.8. The third kappa shape index (κ3) is 3.12. The van der Waals surface area contributed by atoms with Crippen LogP contribution in [0, 0.1) is 10.1 Å². The van der Waals surface area contributed by atoms with Gasteiger partial charge in [0.1, 0.15) is 11.2 Å². The summed E-state index contributed by atoms with van der Waals surface area (Å²) in [6.07, 6.45) is -0.273. The Morgan fingerprint density at radius 2 is 2.22 bits per heavy atom. The Kier molecular flexibility index (Phi) is 4.48. The smallest absolute Gasteiger partial charge is 0.410 e. The quantitative estimate of drug-likeness (QED) is 0.596. The second kappa shape index (κ2) is 6.82. The molecule has 2 aromatic heterocycles. The maximum absolute atomic E-state index is 12.7. The number of nitro groups is 1. The molecule has 4 rings (SSSR count). The third-order valence-electron chi connectivity index (χ3n) is 4.44. The van der Waals surface area contributed by atoms with Crippen LogP contribution >= 0.6 is 22.7 Å². The van der Waals surface area contributed by atoms with Crippen molar-refractivity contribution in [3.05, 3.63) is 43.1 Å². The number of hydrogen-bond donors (Lipinski definition) is 2. The zero-order chi connectivity index (χ0) is 19.1. The first-order valence-electron chi connectivity index (χ1n) is 8.35. The van der Waals surface area contributed by atoms with E-state index in [2.05, 4.69) is 10.6 Å². The SMILES string of the molecule is CCOC(=O)N1CCc2c(sc3c2C(=O)N[C@@H](c2ccc([N+](=O)[O-])s2)N3)C1. The topological polar surface area (TPSA) is 114 Å². The molecule has 0 aliphatic carbocycles. The Bertz CT molecular complexity index is 937. The summed E-state index contributed by atoms with van der Waals surface area (Å²) in [5.41, 5.74) is 1.57. The van der Waals surface area contributed by atoms with Gasteiger partial charge in [-0.3, -0.25) is 14.9 Å². The van der Waals surface area contributed by atoms with E-state index in [0.717, 1.165) is 26.8 Å². The number of nitrogens with zero attached hydrogens (tertiary/aromatic N) is 2. The summed E-state index contributed by atoms with van der Waals surface area (Å²) < 4.78 is 5.06. The van der Waals surface area contributed by atoms with Crippen LogP contribution in [0.25, 0.3) is 0 Å². The van der Waals surface area contributed by atoms with Crippen LogP contribution in [-0.2, 0) is 17.7 Å². The number of nitrogens with one attached hydrogen (secondary N) is 2. The molecule has 142 valence electrons. The number of carbonyl (C=O) groups is 2. The molecule has 2 aliphatic rings. The lowest BCUT2D eigenvalue weighted by Gasteiger charge is -2.27. The van der Waals surface area contributed by atoms with E-state index >= 15 is 0 Å². The van der Waals surface area contributed by atoms with Crippen LogP contribution in [0.2, 0.25) is 0 Å². The van der Waals surface area contributed by atoms with Crippen molar-refractivity contribution < 1.29 is 19.2 Å². The molecule has 0 bridgehead atoms. The molecule has 0 aromatic carbocycles. The second-order valence-electron chi connectivity index (χ2n) is 6.06. The third-order valence-corrected chi connectivity index (χ3v) is 6.69. The lowest BCUT2D eigenvalue weighted by molar-refractivity contribution is -0.380. The summed E-state index contributed by atoms with van der Waals surface area (Å²) in [5.74, 6) is -0.202. The number of fused-ring (bicyclic) bond motifs is 3. The van der Waals surface area contributed by atoms with Gasteiger partial charge in [0.05, 0.1) is 28.5 Å². The first kappa shape index (κ1) is 17.7. The zero-order valence-electron chi connectivity index (χ0n) is 14.3. The van der Waals surface area contributed by atoms with Gasteiger partial charge in [0.15, 0.2) is 0 Å². The molecule has 0 fully saturated rings. The number of carbonyl (C=O) groups excluding carboxylic acids is 2. The van der Waals surface area contributed by atoms with E-state index in [1.165, 1.54) is 17.4 Å². The van der Waals surface area contributed by atoms with Crippen LogP contribution in [-0.4, -0.2) is 35.0 Å². The fourth-order valence-electron chi connectivity index (χ4n) is 3.22. The van der Waals surface area contributed by atoms with E-state index in [4.69, 9.17) is 4.74 Å². The van der Waals surface area contributed by atoms with E-state index in [0.29, 0.717) is 36.6 Å². The van der Waals surface area contributed by atoms with Gasteiger partial charge in [0, 0.05) is 17.5 Å². The van der Waals surface area contributed by atoms with E-state index in [1.54, 1.807) is 17.9 Å². The molecule has 1 atom stereocenters. The molecular weight excluding hydrogens is 392 g/mol. The monoisotopic (exact) mass is 408 g/mol. The fraction of sp³-hybridized carbons (Fsp3) is 0.375. The number of hydrogen-bond acceptors (Lipinski definition) is 8. The van der Waals surface area contributed by atoms with Crippen LogP contribution in [0.4, 0.5) is 14.8 Å². The average molecular weight is 408 g/mol. The Morgan fingerprint density at radius 3 is 2.93 bits per heavy atom. The van der Waals surface area contributed by atoms with Crippen LogP contribution in [0.3, 0.4) is 0 Å². The van der Waals surface area contributed by atoms with Crippen molar-refractivity contribution in [3.63, 3.8) is 0 Å². The van der Waals surface area contributed by atoms with E-state index in [9.17, 15) is 19.7 Å². The first-order chi connectivity index (χ1) is 13.0. The maximum Gasteiger partial charge on any atom is 0.410 e. The van der Waals surface area contributed by atoms with Gasteiger partial charge in [-0.25, -0.2) is 4.79 Å². The van der Waals surface area contributed by atoms with Crippen LogP contribution < -0.4 is 10.6 Å². The van der Waals surface area contributed by atoms with Crippen molar-refractivity contribution in [2.45, 2.75) is 26.1 Å². The number of anilines is 1. The van der Waals surface area contributed by atoms with E-state index < -0.39 is 11.1 Å². The molecule has 2 aliphatic heterocycles. The lowest BCUT2D eigenvalue weighted by atomic mass is 10.0. The highest BCUT2D eigenvalue weighted by atomic mass is 32.1. The van der Waals surface area contributed by atoms with Crippen molar-refractivity contribution >= 4 is 44.7 Å².